The average molecular weight is 250 g/mol. The van der Waals surface area contributed by atoms with Crippen LogP contribution in [-0.4, -0.2) is 20.2 Å². The van der Waals surface area contributed by atoms with Gasteiger partial charge >= 0.3 is 11.7 Å². The van der Waals surface area contributed by atoms with Crippen molar-refractivity contribution in [2.24, 2.45) is 7.05 Å². The van der Waals surface area contributed by atoms with Gasteiger partial charge in [0, 0.05) is 24.9 Å². The summed E-state index contributed by atoms with van der Waals surface area (Å²) >= 11 is 0. The zero-order valence-electron chi connectivity index (χ0n) is 9.49. The molecule has 0 unspecified atom stereocenters. The van der Waals surface area contributed by atoms with Crippen molar-refractivity contribution >= 4 is 5.97 Å². The number of furan rings is 1. The Morgan fingerprint density at radius 3 is 2.78 bits per heavy atom. The van der Waals surface area contributed by atoms with Gasteiger partial charge in [0.05, 0.1) is 12.8 Å². The molecule has 2 aromatic rings. The van der Waals surface area contributed by atoms with E-state index in [9.17, 15) is 14.4 Å². The lowest BCUT2D eigenvalue weighted by molar-refractivity contribution is 0.0660. The summed E-state index contributed by atoms with van der Waals surface area (Å²) in [6.07, 6.45) is 2.56. The number of aryl methyl sites for hydroxylation is 1. The third-order valence-electron chi connectivity index (χ3n) is 2.51. The molecular weight excluding hydrogens is 240 g/mol. The first-order valence-corrected chi connectivity index (χ1v) is 5.07. The van der Waals surface area contributed by atoms with Gasteiger partial charge in [0.2, 0.25) is 5.76 Å². The summed E-state index contributed by atoms with van der Waals surface area (Å²) in [7, 11) is 1.51. The van der Waals surface area contributed by atoms with E-state index in [4.69, 9.17) is 9.52 Å². The van der Waals surface area contributed by atoms with Crippen molar-refractivity contribution in [3.8, 4) is 0 Å². The van der Waals surface area contributed by atoms with Crippen LogP contribution in [0, 0.1) is 0 Å². The maximum atomic E-state index is 11.7. The van der Waals surface area contributed by atoms with E-state index in [2.05, 4.69) is 0 Å². The Morgan fingerprint density at radius 1 is 1.39 bits per heavy atom. The van der Waals surface area contributed by atoms with E-state index < -0.39 is 17.2 Å². The highest BCUT2D eigenvalue weighted by Gasteiger charge is 2.15. The SMILES string of the molecule is Cn1ccc(=O)n(Cc2ccoc2C(=O)O)c1=O. The van der Waals surface area contributed by atoms with Gasteiger partial charge in [0.1, 0.15) is 0 Å². The van der Waals surface area contributed by atoms with Crippen LogP contribution in [-0.2, 0) is 13.6 Å². The van der Waals surface area contributed by atoms with Crippen molar-refractivity contribution in [1.29, 1.82) is 0 Å². The van der Waals surface area contributed by atoms with Crippen molar-refractivity contribution < 1.29 is 14.3 Å². The van der Waals surface area contributed by atoms with E-state index in [1.165, 1.54) is 36.2 Å². The molecule has 0 fully saturated rings. The van der Waals surface area contributed by atoms with Gasteiger partial charge < -0.3 is 14.1 Å². The van der Waals surface area contributed by atoms with Gasteiger partial charge in [-0.2, -0.15) is 0 Å². The lowest BCUT2D eigenvalue weighted by Crippen LogP contribution is -2.38. The molecule has 2 heterocycles. The van der Waals surface area contributed by atoms with E-state index in [-0.39, 0.29) is 17.9 Å². The number of aromatic nitrogens is 2. The molecular formula is C11H10N2O5. The molecule has 2 aromatic heterocycles. The highest BCUT2D eigenvalue weighted by atomic mass is 16.4. The van der Waals surface area contributed by atoms with Crippen LogP contribution in [0.1, 0.15) is 16.1 Å². The molecule has 0 amide bonds. The number of hydrogen-bond donors (Lipinski definition) is 1. The zero-order valence-corrected chi connectivity index (χ0v) is 9.49. The molecule has 7 heteroatoms. The largest absolute Gasteiger partial charge is 0.475 e. The van der Waals surface area contributed by atoms with E-state index in [0.29, 0.717) is 0 Å². The average Bonchev–Trinajstić information content (AvgIpc) is 2.78. The molecule has 0 bridgehead atoms. The first-order valence-electron chi connectivity index (χ1n) is 5.07. The molecule has 0 aliphatic heterocycles. The number of rotatable bonds is 3. The molecule has 1 N–H and O–H groups in total. The van der Waals surface area contributed by atoms with Crippen LogP contribution in [0.15, 0.2) is 38.6 Å². The van der Waals surface area contributed by atoms with E-state index in [1.54, 1.807) is 0 Å². The normalized spacial score (nSPS) is 10.5. The second-order valence-corrected chi connectivity index (χ2v) is 3.71. The van der Waals surface area contributed by atoms with Crippen molar-refractivity contribution in [2.45, 2.75) is 6.54 Å². The van der Waals surface area contributed by atoms with Crippen molar-refractivity contribution in [3.63, 3.8) is 0 Å². The molecule has 0 saturated heterocycles. The highest BCUT2D eigenvalue weighted by Crippen LogP contribution is 2.10. The first-order chi connectivity index (χ1) is 8.50. The van der Waals surface area contributed by atoms with Crippen LogP contribution in [0.2, 0.25) is 0 Å². The Kier molecular flexibility index (Phi) is 2.88. The summed E-state index contributed by atoms with van der Waals surface area (Å²) in [5.74, 6) is -1.51. The lowest BCUT2D eigenvalue weighted by atomic mass is 10.2. The number of aromatic carboxylic acids is 1. The van der Waals surface area contributed by atoms with Crippen LogP contribution < -0.4 is 11.2 Å². The summed E-state index contributed by atoms with van der Waals surface area (Å²) in [5, 5.41) is 8.86. The number of hydrogen-bond acceptors (Lipinski definition) is 4. The number of carboxylic acid groups (broad SMARTS) is 1. The molecule has 0 saturated carbocycles. The predicted octanol–water partition coefficient (Wildman–Crippen LogP) is -0.113. The quantitative estimate of drug-likeness (QED) is 0.819. The van der Waals surface area contributed by atoms with Crippen molar-refractivity contribution in [3.05, 3.63) is 56.8 Å². The highest BCUT2D eigenvalue weighted by molar-refractivity contribution is 5.86. The number of nitrogens with zero attached hydrogens (tertiary/aromatic N) is 2. The van der Waals surface area contributed by atoms with Gasteiger partial charge in [0.25, 0.3) is 5.56 Å². The maximum absolute atomic E-state index is 11.7. The summed E-state index contributed by atoms with van der Waals surface area (Å²) < 4.78 is 6.96. The minimum atomic E-state index is -1.24. The Labute approximate surface area is 101 Å². The predicted molar refractivity (Wildman–Crippen MR) is 60.7 cm³/mol. The van der Waals surface area contributed by atoms with Crippen LogP contribution >= 0.6 is 0 Å². The fourth-order valence-corrected chi connectivity index (χ4v) is 1.58. The zero-order chi connectivity index (χ0) is 13.3. The van der Waals surface area contributed by atoms with E-state index in [1.807, 2.05) is 0 Å². The Hall–Kier alpha value is -2.57. The van der Waals surface area contributed by atoms with Crippen LogP contribution in [0.5, 0.6) is 0 Å². The monoisotopic (exact) mass is 250 g/mol. The first kappa shape index (κ1) is 11.9. The number of carboxylic acids is 1. The molecule has 2 rings (SSSR count). The molecule has 0 atom stereocenters. The summed E-state index contributed by atoms with van der Waals surface area (Å²) in [5.41, 5.74) is -0.733. The van der Waals surface area contributed by atoms with Gasteiger partial charge in [-0.1, -0.05) is 0 Å². The third kappa shape index (κ3) is 1.97. The number of carbonyl (C=O) groups is 1. The fraction of sp³-hybridized carbons (Fsp3) is 0.182. The molecule has 7 nitrogen and oxygen atoms in total. The van der Waals surface area contributed by atoms with E-state index in [0.717, 1.165) is 4.57 Å². The van der Waals surface area contributed by atoms with Crippen molar-refractivity contribution in [1.82, 2.24) is 9.13 Å². The molecule has 18 heavy (non-hydrogen) atoms. The Bertz CT molecular complexity index is 707. The minimum Gasteiger partial charge on any atom is -0.475 e. The molecule has 0 aromatic carbocycles. The van der Waals surface area contributed by atoms with Crippen LogP contribution in [0.25, 0.3) is 0 Å². The Balaban J connectivity index is 2.50. The van der Waals surface area contributed by atoms with Gasteiger partial charge in [-0.25, -0.2) is 9.59 Å². The van der Waals surface area contributed by atoms with Crippen LogP contribution in [0.4, 0.5) is 0 Å². The van der Waals surface area contributed by atoms with Crippen molar-refractivity contribution in [2.75, 3.05) is 0 Å². The summed E-state index contributed by atoms with van der Waals surface area (Å²) in [6, 6.07) is 2.66. The molecule has 0 aliphatic rings. The topological polar surface area (TPSA) is 94.4 Å². The fourth-order valence-electron chi connectivity index (χ4n) is 1.58. The minimum absolute atomic E-state index is 0.134. The maximum Gasteiger partial charge on any atom is 0.372 e. The summed E-state index contributed by atoms with van der Waals surface area (Å²) in [6.45, 7) is -0.134. The summed E-state index contributed by atoms with van der Waals surface area (Å²) in [4.78, 5) is 34.2. The van der Waals surface area contributed by atoms with E-state index >= 15 is 0 Å². The molecule has 94 valence electrons. The third-order valence-corrected chi connectivity index (χ3v) is 2.51. The standard InChI is InChI=1S/C11H10N2O5/c1-12-4-2-8(14)13(11(12)17)6-7-3-5-18-9(7)10(15)16/h2-5H,6H2,1H3,(H,15,16). The Morgan fingerprint density at radius 2 is 2.11 bits per heavy atom. The lowest BCUT2D eigenvalue weighted by Gasteiger charge is -2.05. The molecule has 0 radical (unpaired) electrons. The van der Waals surface area contributed by atoms with Gasteiger partial charge in [-0.05, 0) is 6.07 Å². The van der Waals surface area contributed by atoms with Gasteiger partial charge in [-0.15, -0.1) is 0 Å². The van der Waals surface area contributed by atoms with Gasteiger partial charge in [0.15, 0.2) is 0 Å². The molecule has 0 aliphatic carbocycles. The van der Waals surface area contributed by atoms with Gasteiger partial charge in [-0.3, -0.25) is 9.36 Å². The molecule has 0 spiro atoms. The smallest absolute Gasteiger partial charge is 0.372 e. The van der Waals surface area contributed by atoms with Crippen LogP contribution in [0.3, 0.4) is 0 Å². The second-order valence-electron chi connectivity index (χ2n) is 3.71. The second kappa shape index (κ2) is 4.36.